The highest BCUT2D eigenvalue weighted by atomic mass is 15.1. The zero-order valence-corrected chi connectivity index (χ0v) is 7.04. The topological polar surface area (TPSA) is 37.8 Å². The van der Waals surface area contributed by atoms with Gasteiger partial charge in [0.25, 0.3) is 0 Å². The molecule has 0 fully saturated rings. The number of rotatable bonds is 3. The maximum absolute atomic E-state index is 3.92. The minimum Gasteiger partial charge on any atom is -0.300 e. The molecule has 1 heterocycles. The van der Waals surface area contributed by atoms with E-state index in [9.17, 15) is 0 Å². The van der Waals surface area contributed by atoms with Crippen LogP contribution < -0.4 is 5.32 Å². The molecule has 0 bridgehead atoms. The standard InChI is InChI=1S/C9H11N3/c1-2-3-6-10-8-9-5-4-7-11-12-9/h4-5,7,10H,6,8H2,1H3. The molecule has 62 valence electrons. The van der Waals surface area contributed by atoms with E-state index in [2.05, 4.69) is 27.4 Å². The van der Waals surface area contributed by atoms with Crippen LogP contribution in [0.3, 0.4) is 0 Å². The van der Waals surface area contributed by atoms with Crippen molar-refractivity contribution in [2.45, 2.75) is 13.5 Å². The Labute approximate surface area is 72.2 Å². The Hall–Kier alpha value is -1.40. The molecule has 0 aliphatic heterocycles. The number of nitrogens with zero attached hydrogens (tertiary/aromatic N) is 2. The second kappa shape index (κ2) is 5.28. The summed E-state index contributed by atoms with van der Waals surface area (Å²) >= 11 is 0. The van der Waals surface area contributed by atoms with Crippen molar-refractivity contribution in [1.29, 1.82) is 0 Å². The lowest BCUT2D eigenvalue weighted by atomic mass is 10.4. The van der Waals surface area contributed by atoms with Crippen molar-refractivity contribution in [2.75, 3.05) is 6.54 Å². The van der Waals surface area contributed by atoms with Crippen LogP contribution in [-0.4, -0.2) is 16.7 Å². The average Bonchev–Trinajstić information content (AvgIpc) is 2.14. The fraction of sp³-hybridized carbons (Fsp3) is 0.333. The van der Waals surface area contributed by atoms with E-state index in [-0.39, 0.29) is 0 Å². The van der Waals surface area contributed by atoms with E-state index in [1.54, 1.807) is 6.20 Å². The van der Waals surface area contributed by atoms with Gasteiger partial charge in [0, 0.05) is 12.7 Å². The van der Waals surface area contributed by atoms with Crippen LogP contribution in [-0.2, 0) is 6.54 Å². The van der Waals surface area contributed by atoms with Crippen LogP contribution in [0, 0.1) is 11.8 Å². The largest absolute Gasteiger partial charge is 0.300 e. The first-order chi connectivity index (χ1) is 5.93. The summed E-state index contributed by atoms with van der Waals surface area (Å²) in [5.74, 6) is 5.71. The molecule has 0 aliphatic carbocycles. The van der Waals surface area contributed by atoms with Crippen molar-refractivity contribution in [3.05, 3.63) is 24.0 Å². The van der Waals surface area contributed by atoms with Gasteiger partial charge in [0.2, 0.25) is 0 Å². The molecule has 0 radical (unpaired) electrons. The van der Waals surface area contributed by atoms with E-state index in [1.807, 2.05) is 19.1 Å². The summed E-state index contributed by atoms with van der Waals surface area (Å²) in [6.07, 6.45) is 1.66. The zero-order chi connectivity index (χ0) is 8.65. The quantitative estimate of drug-likeness (QED) is 0.521. The number of aromatic nitrogens is 2. The van der Waals surface area contributed by atoms with E-state index in [0.29, 0.717) is 6.54 Å². The molecule has 1 aromatic rings. The minimum absolute atomic E-state index is 0.701. The summed E-state index contributed by atoms with van der Waals surface area (Å²) in [5, 5.41) is 10.8. The van der Waals surface area contributed by atoms with Crippen LogP contribution in [0.2, 0.25) is 0 Å². The van der Waals surface area contributed by atoms with Gasteiger partial charge in [-0.3, -0.25) is 0 Å². The summed E-state index contributed by atoms with van der Waals surface area (Å²) < 4.78 is 0. The van der Waals surface area contributed by atoms with Gasteiger partial charge in [-0.05, 0) is 19.1 Å². The first-order valence-corrected chi connectivity index (χ1v) is 3.80. The van der Waals surface area contributed by atoms with Gasteiger partial charge < -0.3 is 5.32 Å². The molecule has 0 aromatic carbocycles. The maximum atomic E-state index is 3.92. The highest BCUT2D eigenvalue weighted by Gasteiger charge is 1.89. The van der Waals surface area contributed by atoms with Crippen molar-refractivity contribution in [1.82, 2.24) is 15.5 Å². The Bertz CT molecular complexity index is 271. The summed E-state index contributed by atoms with van der Waals surface area (Å²) in [5.41, 5.74) is 0.940. The zero-order valence-electron chi connectivity index (χ0n) is 7.04. The lowest BCUT2D eigenvalue weighted by molar-refractivity contribution is 0.732. The van der Waals surface area contributed by atoms with Gasteiger partial charge in [-0.15, -0.1) is 5.92 Å². The van der Waals surface area contributed by atoms with E-state index in [1.165, 1.54) is 0 Å². The Kier molecular flexibility index (Phi) is 3.82. The highest BCUT2D eigenvalue weighted by Crippen LogP contribution is 1.88. The van der Waals surface area contributed by atoms with Crippen LogP contribution >= 0.6 is 0 Å². The molecule has 0 unspecified atom stereocenters. The van der Waals surface area contributed by atoms with Crippen molar-refractivity contribution >= 4 is 0 Å². The van der Waals surface area contributed by atoms with Crippen LogP contribution in [0.15, 0.2) is 18.3 Å². The molecule has 0 amide bonds. The van der Waals surface area contributed by atoms with Gasteiger partial charge in [-0.2, -0.15) is 10.2 Å². The molecular weight excluding hydrogens is 150 g/mol. The van der Waals surface area contributed by atoms with Crippen LogP contribution in [0.4, 0.5) is 0 Å². The molecular formula is C9H11N3. The van der Waals surface area contributed by atoms with Crippen LogP contribution in [0.5, 0.6) is 0 Å². The van der Waals surface area contributed by atoms with Crippen molar-refractivity contribution in [3.63, 3.8) is 0 Å². The molecule has 12 heavy (non-hydrogen) atoms. The third-order valence-corrected chi connectivity index (χ3v) is 1.32. The number of hydrogen-bond acceptors (Lipinski definition) is 3. The molecule has 0 saturated heterocycles. The van der Waals surface area contributed by atoms with Gasteiger partial charge in [0.15, 0.2) is 0 Å². The molecule has 1 N–H and O–H groups in total. The third-order valence-electron chi connectivity index (χ3n) is 1.32. The van der Waals surface area contributed by atoms with E-state index in [0.717, 1.165) is 12.2 Å². The monoisotopic (exact) mass is 161 g/mol. The minimum atomic E-state index is 0.701. The fourth-order valence-electron chi connectivity index (χ4n) is 0.769. The normalized spacial score (nSPS) is 8.75. The summed E-state index contributed by atoms with van der Waals surface area (Å²) in [6.45, 7) is 3.25. The van der Waals surface area contributed by atoms with Gasteiger partial charge >= 0.3 is 0 Å². The molecule has 0 spiro atoms. The molecule has 1 rings (SSSR count). The SMILES string of the molecule is CC#CCNCc1cccnn1. The lowest BCUT2D eigenvalue weighted by Crippen LogP contribution is -2.14. The maximum Gasteiger partial charge on any atom is 0.0769 e. The van der Waals surface area contributed by atoms with E-state index >= 15 is 0 Å². The third kappa shape index (κ3) is 3.13. The van der Waals surface area contributed by atoms with Gasteiger partial charge in [-0.25, -0.2) is 0 Å². The number of hydrogen-bond donors (Lipinski definition) is 1. The molecule has 3 heteroatoms. The average molecular weight is 161 g/mol. The van der Waals surface area contributed by atoms with Gasteiger partial charge in [-0.1, -0.05) is 5.92 Å². The molecule has 0 saturated carbocycles. The second-order valence-corrected chi connectivity index (χ2v) is 2.25. The van der Waals surface area contributed by atoms with Crippen molar-refractivity contribution < 1.29 is 0 Å². The molecule has 0 aliphatic rings. The Morgan fingerprint density at radius 3 is 3.17 bits per heavy atom. The first kappa shape index (κ1) is 8.69. The smallest absolute Gasteiger partial charge is 0.0769 e. The Morgan fingerprint density at radius 1 is 1.58 bits per heavy atom. The van der Waals surface area contributed by atoms with Crippen LogP contribution in [0.25, 0.3) is 0 Å². The fourth-order valence-corrected chi connectivity index (χ4v) is 0.769. The Morgan fingerprint density at radius 2 is 2.50 bits per heavy atom. The molecule has 3 nitrogen and oxygen atoms in total. The highest BCUT2D eigenvalue weighted by molar-refractivity contribution is 5.01. The molecule has 1 aromatic heterocycles. The predicted molar refractivity (Wildman–Crippen MR) is 47.2 cm³/mol. The van der Waals surface area contributed by atoms with Gasteiger partial charge in [0.1, 0.15) is 0 Å². The summed E-state index contributed by atoms with van der Waals surface area (Å²) in [7, 11) is 0. The van der Waals surface area contributed by atoms with Crippen molar-refractivity contribution in [3.8, 4) is 11.8 Å². The second-order valence-electron chi connectivity index (χ2n) is 2.25. The van der Waals surface area contributed by atoms with Crippen LogP contribution in [0.1, 0.15) is 12.6 Å². The van der Waals surface area contributed by atoms with E-state index < -0.39 is 0 Å². The first-order valence-electron chi connectivity index (χ1n) is 3.80. The predicted octanol–water partition coefficient (Wildman–Crippen LogP) is 0.589. The molecule has 0 atom stereocenters. The van der Waals surface area contributed by atoms with E-state index in [4.69, 9.17) is 0 Å². The summed E-state index contributed by atoms with van der Waals surface area (Å²) in [4.78, 5) is 0. The number of nitrogens with one attached hydrogen (secondary N) is 1. The lowest BCUT2D eigenvalue weighted by Gasteiger charge is -1.97. The Balaban J connectivity index is 2.27. The summed E-state index contributed by atoms with van der Waals surface area (Å²) in [6, 6.07) is 3.80. The van der Waals surface area contributed by atoms with Crippen molar-refractivity contribution in [2.24, 2.45) is 0 Å². The van der Waals surface area contributed by atoms with Gasteiger partial charge in [0.05, 0.1) is 12.2 Å².